The van der Waals surface area contributed by atoms with E-state index >= 15 is 0 Å². The van der Waals surface area contributed by atoms with Crippen LogP contribution in [0.15, 0.2) is 59.1 Å². The molecule has 2 atom stereocenters. The topological polar surface area (TPSA) is 104 Å². The third-order valence-corrected chi connectivity index (χ3v) is 7.44. The van der Waals surface area contributed by atoms with Gasteiger partial charge in [-0.3, -0.25) is 0 Å². The third-order valence-electron chi connectivity index (χ3n) is 4.70. The number of aromatic nitrogens is 6. The Morgan fingerprint density at radius 1 is 1.04 bits per heavy atom. The molecule has 0 amide bonds. The highest BCUT2D eigenvalue weighted by molar-refractivity contribution is 7.99. The zero-order chi connectivity index (χ0) is 18.7. The highest BCUT2D eigenvalue weighted by Gasteiger charge is 2.37. The largest absolute Gasteiger partial charge is 0.272 e. The van der Waals surface area contributed by atoms with Gasteiger partial charge >= 0.3 is 0 Å². The Labute approximate surface area is 161 Å². The lowest BCUT2D eigenvalue weighted by Gasteiger charge is -2.35. The van der Waals surface area contributed by atoms with Crippen LogP contribution >= 0.6 is 11.8 Å². The number of para-hydroxylation sites is 1. The second-order valence-electron chi connectivity index (χ2n) is 6.43. The Balaban J connectivity index is 1.44. The number of tetrazole rings is 1. The van der Waals surface area contributed by atoms with Crippen molar-refractivity contribution in [3.63, 3.8) is 0 Å². The minimum absolute atomic E-state index is 0.0566. The van der Waals surface area contributed by atoms with Crippen LogP contribution in [-0.2, 0) is 9.84 Å². The van der Waals surface area contributed by atoms with E-state index in [1.807, 2.05) is 18.2 Å². The van der Waals surface area contributed by atoms with E-state index in [-0.39, 0.29) is 16.8 Å². The highest BCUT2D eigenvalue weighted by atomic mass is 32.2. The Kier molecular flexibility index (Phi) is 5.17. The summed E-state index contributed by atoms with van der Waals surface area (Å²) in [5.41, 5.74) is 0.628. The van der Waals surface area contributed by atoms with Gasteiger partial charge in [0.25, 0.3) is 5.16 Å². The average molecular weight is 403 g/mol. The van der Waals surface area contributed by atoms with Crippen molar-refractivity contribution in [1.29, 1.82) is 0 Å². The minimum atomic E-state index is -3.59. The molecule has 0 bridgehead atoms. The van der Waals surface area contributed by atoms with Crippen LogP contribution < -0.4 is 0 Å². The molecule has 1 aliphatic carbocycles. The van der Waals surface area contributed by atoms with Gasteiger partial charge in [0, 0.05) is 18.1 Å². The first-order chi connectivity index (χ1) is 13.1. The lowest BCUT2D eigenvalue weighted by molar-refractivity contribution is 0.226. The average Bonchev–Trinajstić information content (AvgIpc) is 3.18. The summed E-state index contributed by atoms with van der Waals surface area (Å²) >= 11 is 1.57. The molecule has 1 aliphatic rings. The lowest BCUT2D eigenvalue weighted by atomic mass is 9.76. The summed E-state index contributed by atoms with van der Waals surface area (Å²) in [5.74, 6) is 1.30. The maximum Gasteiger partial charge on any atom is 0.272 e. The molecule has 0 spiro atoms. The molecule has 1 saturated carbocycles. The molecule has 4 rings (SSSR count). The van der Waals surface area contributed by atoms with Gasteiger partial charge in [0.15, 0.2) is 5.16 Å². The first-order valence-electron chi connectivity index (χ1n) is 8.60. The molecule has 0 saturated heterocycles. The molecule has 1 aromatic carbocycles. The van der Waals surface area contributed by atoms with Crippen molar-refractivity contribution in [2.75, 3.05) is 11.5 Å². The summed E-state index contributed by atoms with van der Waals surface area (Å²) in [6.07, 6.45) is 5.33. The molecule has 2 aromatic heterocycles. The summed E-state index contributed by atoms with van der Waals surface area (Å²) in [6, 6.07) is 10.8. The number of sulfone groups is 1. The molecule has 1 fully saturated rings. The number of hydrogen-bond acceptors (Lipinski definition) is 8. The first-order valence-corrected chi connectivity index (χ1v) is 11.2. The van der Waals surface area contributed by atoms with Gasteiger partial charge in [0.2, 0.25) is 9.84 Å². The monoisotopic (exact) mass is 402 g/mol. The number of thioether (sulfide) groups is 1. The van der Waals surface area contributed by atoms with Gasteiger partial charge in [-0.25, -0.2) is 18.4 Å². The summed E-state index contributed by atoms with van der Waals surface area (Å²) in [5, 5.41) is 11.8. The Bertz CT molecular complexity index is 995. The predicted octanol–water partition coefficient (Wildman–Crippen LogP) is 2.04. The second kappa shape index (κ2) is 7.73. The normalized spacial score (nSPS) is 19.6. The van der Waals surface area contributed by atoms with Crippen LogP contribution in [0.3, 0.4) is 0 Å². The van der Waals surface area contributed by atoms with E-state index in [0.29, 0.717) is 11.6 Å². The summed E-state index contributed by atoms with van der Waals surface area (Å²) in [6.45, 7) is 0. The van der Waals surface area contributed by atoms with E-state index in [0.717, 1.165) is 23.8 Å². The second-order valence-corrected chi connectivity index (χ2v) is 9.35. The molecular weight excluding hydrogens is 384 g/mol. The maximum atomic E-state index is 12.9. The van der Waals surface area contributed by atoms with Crippen LogP contribution in [0.4, 0.5) is 0 Å². The Hall–Kier alpha value is -2.33. The van der Waals surface area contributed by atoms with Crippen molar-refractivity contribution in [3.05, 3.63) is 48.8 Å². The molecule has 0 unspecified atom stereocenters. The van der Waals surface area contributed by atoms with Crippen LogP contribution in [0.1, 0.15) is 12.8 Å². The van der Waals surface area contributed by atoms with Gasteiger partial charge in [0.1, 0.15) is 0 Å². The smallest absolute Gasteiger partial charge is 0.231 e. The number of nitrogens with zero attached hydrogens (tertiary/aromatic N) is 6. The molecule has 140 valence electrons. The van der Waals surface area contributed by atoms with Gasteiger partial charge in [-0.1, -0.05) is 35.1 Å². The van der Waals surface area contributed by atoms with E-state index in [4.69, 9.17) is 0 Å². The molecule has 0 aliphatic heterocycles. The van der Waals surface area contributed by atoms with Crippen molar-refractivity contribution >= 4 is 21.6 Å². The molecule has 0 radical (unpaired) electrons. The first kappa shape index (κ1) is 18.1. The van der Waals surface area contributed by atoms with Gasteiger partial charge in [-0.15, -0.1) is 0 Å². The highest BCUT2D eigenvalue weighted by Crippen LogP contribution is 2.39. The summed E-state index contributed by atoms with van der Waals surface area (Å²) in [7, 11) is -3.59. The zero-order valence-corrected chi connectivity index (χ0v) is 16.1. The quantitative estimate of drug-likeness (QED) is 0.437. The molecular formula is C17H18N6O2S2. The zero-order valence-electron chi connectivity index (χ0n) is 14.4. The van der Waals surface area contributed by atoms with Crippen LogP contribution in [0.2, 0.25) is 0 Å². The SMILES string of the molecule is O=S(=O)(C[C@H]1CC[C@@H]1CSc1ncccn1)c1nnnn1-c1ccccc1. The molecule has 27 heavy (non-hydrogen) atoms. The van der Waals surface area contributed by atoms with Crippen LogP contribution in [0.25, 0.3) is 5.69 Å². The molecule has 2 heterocycles. The van der Waals surface area contributed by atoms with Gasteiger partial charge in [-0.05, 0) is 53.3 Å². The fraction of sp³-hybridized carbons (Fsp3) is 0.353. The standard InChI is InChI=1S/C17H18N6O2S2/c24-27(25,17-20-21-22-23(17)15-5-2-1-3-6-15)12-14-8-7-13(14)11-26-16-18-9-4-10-19-16/h1-6,9-10,13-14H,7-8,11-12H2/t13-,14-/m1/s1. The van der Waals surface area contributed by atoms with Crippen molar-refractivity contribution in [2.45, 2.75) is 23.2 Å². The molecule has 10 heteroatoms. The predicted molar refractivity (Wildman–Crippen MR) is 100 cm³/mol. The van der Waals surface area contributed by atoms with Crippen LogP contribution in [-0.4, -0.2) is 50.1 Å². The van der Waals surface area contributed by atoms with Gasteiger partial charge in [-0.2, -0.15) is 4.68 Å². The van der Waals surface area contributed by atoms with E-state index in [9.17, 15) is 8.42 Å². The maximum absolute atomic E-state index is 12.9. The van der Waals surface area contributed by atoms with E-state index in [2.05, 4.69) is 25.5 Å². The van der Waals surface area contributed by atoms with E-state index in [1.54, 1.807) is 42.4 Å². The van der Waals surface area contributed by atoms with Crippen molar-refractivity contribution in [2.24, 2.45) is 11.8 Å². The Morgan fingerprint density at radius 2 is 1.78 bits per heavy atom. The van der Waals surface area contributed by atoms with Gasteiger partial charge < -0.3 is 0 Å². The summed E-state index contributed by atoms with van der Waals surface area (Å²) < 4.78 is 27.1. The minimum Gasteiger partial charge on any atom is -0.231 e. The van der Waals surface area contributed by atoms with E-state index < -0.39 is 9.84 Å². The fourth-order valence-corrected chi connectivity index (χ4v) is 5.87. The van der Waals surface area contributed by atoms with E-state index in [1.165, 1.54) is 4.68 Å². The lowest BCUT2D eigenvalue weighted by Crippen LogP contribution is -2.34. The van der Waals surface area contributed by atoms with Crippen molar-refractivity contribution in [3.8, 4) is 5.69 Å². The van der Waals surface area contributed by atoms with Crippen molar-refractivity contribution < 1.29 is 8.42 Å². The van der Waals surface area contributed by atoms with Crippen LogP contribution in [0.5, 0.6) is 0 Å². The third kappa shape index (κ3) is 4.01. The Morgan fingerprint density at radius 3 is 2.48 bits per heavy atom. The number of benzene rings is 1. The summed E-state index contributed by atoms with van der Waals surface area (Å²) in [4.78, 5) is 8.40. The van der Waals surface area contributed by atoms with Crippen molar-refractivity contribution in [1.82, 2.24) is 30.2 Å². The fourth-order valence-electron chi connectivity index (χ4n) is 3.08. The van der Waals surface area contributed by atoms with Gasteiger partial charge in [0.05, 0.1) is 11.4 Å². The number of rotatable bonds is 7. The molecule has 8 nitrogen and oxygen atoms in total. The number of hydrogen-bond donors (Lipinski definition) is 0. The molecule has 0 N–H and O–H groups in total. The molecule has 3 aromatic rings. The van der Waals surface area contributed by atoms with Crippen LogP contribution in [0, 0.1) is 11.8 Å².